The standard InChI is InChI=1S/C36H37FNO/c1-21-10-11-24-25-12-13-28(37)32(34(25)39-33(24)30(21)29-9-7-8-18-38(29)6)23-19-26-31-22(14-16-35(26,2)3)15-17-36(4,5)27(31)20-23/h7-13,18-20,22H,14-17H2,1-6H3/q+1. The van der Waals surface area contributed by atoms with Gasteiger partial charge in [-0.2, -0.15) is 0 Å². The van der Waals surface area contributed by atoms with Gasteiger partial charge in [0, 0.05) is 22.9 Å². The molecule has 198 valence electrons. The predicted molar refractivity (Wildman–Crippen MR) is 158 cm³/mol. The van der Waals surface area contributed by atoms with Crippen LogP contribution in [0.3, 0.4) is 0 Å². The molecule has 2 aromatic heterocycles. The highest BCUT2D eigenvalue weighted by Crippen LogP contribution is 2.54. The highest BCUT2D eigenvalue weighted by molar-refractivity contribution is 6.13. The van der Waals surface area contributed by atoms with Gasteiger partial charge in [0.2, 0.25) is 5.69 Å². The zero-order valence-electron chi connectivity index (χ0n) is 23.9. The van der Waals surface area contributed by atoms with Crippen LogP contribution < -0.4 is 4.57 Å². The van der Waals surface area contributed by atoms with E-state index in [0.29, 0.717) is 17.1 Å². The Morgan fingerprint density at radius 3 is 2.08 bits per heavy atom. The molecule has 0 fully saturated rings. The van der Waals surface area contributed by atoms with E-state index in [2.05, 4.69) is 88.8 Å². The normalized spacial score (nSPS) is 18.0. The summed E-state index contributed by atoms with van der Waals surface area (Å²) in [4.78, 5) is 0. The van der Waals surface area contributed by atoms with Gasteiger partial charge in [-0.15, -0.1) is 0 Å². The number of hydrogen-bond acceptors (Lipinski definition) is 1. The molecule has 0 radical (unpaired) electrons. The molecule has 0 unspecified atom stereocenters. The maximum Gasteiger partial charge on any atom is 0.216 e. The van der Waals surface area contributed by atoms with Gasteiger partial charge in [-0.1, -0.05) is 52.0 Å². The molecule has 0 amide bonds. The Hall–Kier alpha value is -3.46. The lowest BCUT2D eigenvalue weighted by Gasteiger charge is -2.46. The van der Waals surface area contributed by atoms with Gasteiger partial charge in [0.1, 0.15) is 24.0 Å². The van der Waals surface area contributed by atoms with E-state index in [-0.39, 0.29) is 16.6 Å². The van der Waals surface area contributed by atoms with Gasteiger partial charge < -0.3 is 4.42 Å². The van der Waals surface area contributed by atoms with Crippen LogP contribution in [0.1, 0.15) is 81.5 Å². The Morgan fingerprint density at radius 1 is 0.821 bits per heavy atom. The van der Waals surface area contributed by atoms with Crippen LogP contribution in [-0.4, -0.2) is 0 Å². The molecule has 0 spiro atoms. The summed E-state index contributed by atoms with van der Waals surface area (Å²) in [7, 11) is 2.05. The molecule has 0 aliphatic heterocycles. The molecule has 2 aliphatic rings. The topological polar surface area (TPSA) is 17.0 Å². The number of aromatic nitrogens is 1. The van der Waals surface area contributed by atoms with Gasteiger partial charge in [0.05, 0.1) is 11.1 Å². The molecule has 3 heteroatoms. The third-order valence-electron chi connectivity index (χ3n) is 9.85. The second-order valence-corrected chi connectivity index (χ2v) is 13.3. The summed E-state index contributed by atoms with van der Waals surface area (Å²) in [5.74, 6) is 0.394. The molecule has 2 aliphatic carbocycles. The van der Waals surface area contributed by atoms with Crippen molar-refractivity contribution in [1.29, 1.82) is 0 Å². The molecule has 0 atom stereocenters. The second kappa shape index (κ2) is 8.27. The van der Waals surface area contributed by atoms with Crippen molar-refractivity contribution >= 4 is 21.9 Å². The third-order valence-corrected chi connectivity index (χ3v) is 9.85. The van der Waals surface area contributed by atoms with Crippen LogP contribution in [0.4, 0.5) is 4.39 Å². The molecule has 7 rings (SSSR count). The first kappa shape index (κ1) is 24.6. The van der Waals surface area contributed by atoms with Crippen molar-refractivity contribution in [2.24, 2.45) is 7.05 Å². The average Bonchev–Trinajstić information content (AvgIpc) is 3.26. The predicted octanol–water partition coefficient (Wildman–Crippen LogP) is 9.42. The van der Waals surface area contributed by atoms with Crippen LogP contribution in [0.15, 0.2) is 65.2 Å². The van der Waals surface area contributed by atoms with E-state index in [1.165, 1.54) is 42.4 Å². The number of nitrogens with zero attached hydrogens (tertiary/aromatic N) is 1. The highest BCUT2D eigenvalue weighted by atomic mass is 19.1. The molecule has 5 aromatic rings. The summed E-state index contributed by atoms with van der Waals surface area (Å²) in [5, 5.41) is 1.99. The van der Waals surface area contributed by atoms with Crippen LogP contribution in [0, 0.1) is 12.7 Å². The van der Waals surface area contributed by atoms with Crippen molar-refractivity contribution in [3.63, 3.8) is 0 Å². The van der Waals surface area contributed by atoms with Crippen molar-refractivity contribution in [3.8, 4) is 22.4 Å². The van der Waals surface area contributed by atoms with Gasteiger partial charge in [0.25, 0.3) is 0 Å². The fraction of sp³-hybridized carbons (Fsp3) is 0.361. The molecule has 0 N–H and O–H groups in total. The summed E-state index contributed by atoms with van der Waals surface area (Å²) >= 11 is 0. The minimum atomic E-state index is -0.226. The first-order chi connectivity index (χ1) is 18.6. The maximum absolute atomic E-state index is 16.0. The van der Waals surface area contributed by atoms with Crippen LogP contribution >= 0.6 is 0 Å². The SMILES string of the molecule is Cc1ccc2c(oc3c(-c4cc5c6c(c4)C(C)(C)CCC6CCC5(C)C)c(F)ccc32)c1-c1cccc[n+]1C. The van der Waals surface area contributed by atoms with Crippen LogP contribution in [-0.2, 0) is 17.9 Å². The van der Waals surface area contributed by atoms with E-state index in [4.69, 9.17) is 4.42 Å². The Balaban J connectivity index is 1.56. The largest absolute Gasteiger partial charge is 0.454 e. The minimum Gasteiger partial charge on any atom is -0.454 e. The van der Waals surface area contributed by atoms with Gasteiger partial charge in [0.15, 0.2) is 6.20 Å². The Kier molecular flexibility index (Phi) is 5.21. The van der Waals surface area contributed by atoms with Crippen molar-refractivity contribution in [2.75, 3.05) is 0 Å². The Morgan fingerprint density at radius 2 is 1.44 bits per heavy atom. The van der Waals surface area contributed by atoms with E-state index >= 15 is 4.39 Å². The van der Waals surface area contributed by atoms with Crippen LogP contribution in [0.25, 0.3) is 44.3 Å². The molecule has 0 saturated heterocycles. The summed E-state index contributed by atoms with van der Waals surface area (Å²) in [6.07, 6.45) is 6.88. The molecule has 0 bridgehead atoms. The molecule has 3 aromatic carbocycles. The number of fused-ring (bicyclic) bond motifs is 3. The molecular formula is C36H37FNO+. The number of aryl methyl sites for hydroxylation is 2. The number of benzene rings is 3. The van der Waals surface area contributed by atoms with E-state index in [1.54, 1.807) is 6.07 Å². The number of furan rings is 1. The maximum atomic E-state index is 16.0. The molecule has 0 saturated carbocycles. The van der Waals surface area contributed by atoms with Gasteiger partial charge in [-0.25, -0.2) is 8.96 Å². The van der Waals surface area contributed by atoms with E-state index in [0.717, 1.165) is 38.7 Å². The Labute approximate surface area is 230 Å². The van der Waals surface area contributed by atoms with Crippen LogP contribution in [0.2, 0.25) is 0 Å². The van der Waals surface area contributed by atoms with Crippen molar-refractivity contribution < 1.29 is 13.4 Å². The summed E-state index contributed by atoms with van der Waals surface area (Å²) in [6, 6.07) is 18.6. The Bertz CT molecular complexity index is 1760. The van der Waals surface area contributed by atoms with E-state index in [9.17, 15) is 0 Å². The smallest absolute Gasteiger partial charge is 0.216 e. The number of rotatable bonds is 2. The molecule has 39 heavy (non-hydrogen) atoms. The summed E-state index contributed by atoms with van der Waals surface area (Å²) in [6.45, 7) is 11.5. The quantitative estimate of drug-likeness (QED) is 0.213. The monoisotopic (exact) mass is 518 g/mol. The lowest BCUT2D eigenvalue weighted by Crippen LogP contribution is -2.34. The fourth-order valence-electron chi connectivity index (χ4n) is 7.48. The second-order valence-electron chi connectivity index (χ2n) is 13.3. The zero-order valence-corrected chi connectivity index (χ0v) is 23.9. The summed E-state index contributed by atoms with van der Waals surface area (Å²) in [5.41, 5.74) is 10.7. The van der Waals surface area contributed by atoms with Gasteiger partial charge in [-0.05, 0) is 95.4 Å². The van der Waals surface area contributed by atoms with Crippen molar-refractivity contribution in [3.05, 3.63) is 88.9 Å². The fourth-order valence-corrected chi connectivity index (χ4v) is 7.48. The minimum absolute atomic E-state index is 0.0641. The lowest BCUT2D eigenvalue weighted by molar-refractivity contribution is -0.660. The van der Waals surface area contributed by atoms with Gasteiger partial charge in [-0.3, -0.25) is 0 Å². The first-order valence-corrected chi connectivity index (χ1v) is 14.4. The molecular weight excluding hydrogens is 481 g/mol. The zero-order chi connectivity index (χ0) is 27.3. The van der Waals surface area contributed by atoms with Crippen molar-refractivity contribution in [1.82, 2.24) is 0 Å². The van der Waals surface area contributed by atoms with Gasteiger partial charge >= 0.3 is 0 Å². The van der Waals surface area contributed by atoms with E-state index < -0.39 is 0 Å². The third kappa shape index (κ3) is 3.55. The number of pyridine rings is 1. The number of hydrogen-bond donors (Lipinski definition) is 0. The molecule has 2 heterocycles. The average molecular weight is 519 g/mol. The summed E-state index contributed by atoms with van der Waals surface area (Å²) < 4.78 is 24.8. The molecule has 2 nitrogen and oxygen atoms in total. The highest BCUT2D eigenvalue weighted by Gasteiger charge is 2.41. The van der Waals surface area contributed by atoms with Crippen molar-refractivity contribution in [2.45, 2.75) is 77.0 Å². The van der Waals surface area contributed by atoms with E-state index in [1.807, 2.05) is 12.1 Å². The van der Waals surface area contributed by atoms with Crippen LogP contribution in [0.5, 0.6) is 0 Å². The lowest BCUT2D eigenvalue weighted by atomic mass is 9.59. The number of halogens is 1. The first-order valence-electron chi connectivity index (χ1n) is 14.4.